The Bertz CT molecular complexity index is 187. The number of hydrogen-bond donors (Lipinski definition) is 1. The standard InChI is InChI=1S/C8H14N2O2/c1-7(2)10(6-11)5-4-8(12)9-3/h4-7H,1-3H3,(H,9,12)/b5-4-. The van der Waals surface area contributed by atoms with E-state index in [4.69, 9.17) is 0 Å². The van der Waals surface area contributed by atoms with Crippen molar-refractivity contribution in [3.05, 3.63) is 12.3 Å². The largest absolute Gasteiger partial charge is 0.356 e. The van der Waals surface area contributed by atoms with E-state index in [0.29, 0.717) is 6.41 Å². The minimum absolute atomic E-state index is 0.0726. The van der Waals surface area contributed by atoms with Crippen LogP contribution in [0.4, 0.5) is 0 Å². The molecule has 2 amide bonds. The van der Waals surface area contributed by atoms with Crippen LogP contribution in [0.2, 0.25) is 0 Å². The second-order valence-corrected chi connectivity index (χ2v) is 2.58. The van der Waals surface area contributed by atoms with Crippen LogP contribution in [0.3, 0.4) is 0 Å². The second kappa shape index (κ2) is 5.35. The first-order valence-corrected chi connectivity index (χ1v) is 3.74. The van der Waals surface area contributed by atoms with Gasteiger partial charge in [-0.2, -0.15) is 0 Å². The van der Waals surface area contributed by atoms with Gasteiger partial charge in [-0.3, -0.25) is 9.59 Å². The molecule has 4 heteroatoms. The molecule has 0 atom stereocenters. The van der Waals surface area contributed by atoms with Crippen molar-refractivity contribution in [1.82, 2.24) is 10.2 Å². The van der Waals surface area contributed by atoms with Crippen molar-refractivity contribution in [2.75, 3.05) is 7.05 Å². The highest BCUT2D eigenvalue weighted by Gasteiger charge is 2.01. The molecule has 0 rings (SSSR count). The van der Waals surface area contributed by atoms with Crippen LogP contribution in [0.5, 0.6) is 0 Å². The Hall–Kier alpha value is -1.32. The third kappa shape index (κ3) is 3.75. The van der Waals surface area contributed by atoms with Gasteiger partial charge in [-0.25, -0.2) is 0 Å². The first-order valence-electron chi connectivity index (χ1n) is 3.74. The SMILES string of the molecule is CNC(=O)/C=C\N(C=O)C(C)C. The van der Waals surface area contributed by atoms with Crippen LogP contribution in [-0.4, -0.2) is 30.3 Å². The first-order chi connectivity index (χ1) is 5.61. The van der Waals surface area contributed by atoms with Crippen molar-refractivity contribution in [3.63, 3.8) is 0 Å². The lowest BCUT2D eigenvalue weighted by atomic mass is 10.3. The van der Waals surface area contributed by atoms with Crippen LogP contribution >= 0.6 is 0 Å². The van der Waals surface area contributed by atoms with Gasteiger partial charge in [-0.05, 0) is 13.8 Å². The molecule has 0 heterocycles. The molecular formula is C8H14N2O2. The van der Waals surface area contributed by atoms with Gasteiger partial charge in [-0.15, -0.1) is 0 Å². The molecule has 12 heavy (non-hydrogen) atoms. The Labute approximate surface area is 72.2 Å². The molecule has 0 aliphatic heterocycles. The summed E-state index contributed by atoms with van der Waals surface area (Å²) in [6.07, 6.45) is 3.45. The number of carbonyl (C=O) groups excluding carboxylic acids is 2. The molecule has 0 bridgehead atoms. The van der Waals surface area contributed by atoms with E-state index in [2.05, 4.69) is 5.32 Å². The van der Waals surface area contributed by atoms with Gasteiger partial charge in [0.1, 0.15) is 0 Å². The van der Waals surface area contributed by atoms with E-state index < -0.39 is 0 Å². The number of nitrogens with one attached hydrogen (secondary N) is 1. The summed E-state index contributed by atoms with van der Waals surface area (Å²) in [4.78, 5) is 22.5. The summed E-state index contributed by atoms with van der Waals surface area (Å²) in [7, 11) is 1.54. The normalized spacial score (nSPS) is 10.3. The lowest BCUT2D eigenvalue weighted by molar-refractivity contribution is -0.117. The van der Waals surface area contributed by atoms with Crippen molar-refractivity contribution in [2.45, 2.75) is 19.9 Å². The molecule has 0 saturated carbocycles. The maximum atomic E-state index is 10.7. The van der Waals surface area contributed by atoms with Gasteiger partial charge in [0.05, 0.1) is 0 Å². The fourth-order valence-corrected chi connectivity index (χ4v) is 0.566. The van der Waals surface area contributed by atoms with Crippen LogP contribution in [-0.2, 0) is 9.59 Å². The zero-order valence-electron chi connectivity index (χ0n) is 7.57. The quantitative estimate of drug-likeness (QED) is 0.481. The monoisotopic (exact) mass is 170 g/mol. The summed E-state index contributed by atoms with van der Waals surface area (Å²) in [5.41, 5.74) is 0. The zero-order valence-corrected chi connectivity index (χ0v) is 7.57. The Morgan fingerprint density at radius 1 is 1.50 bits per heavy atom. The van der Waals surface area contributed by atoms with E-state index in [1.807, 2.05) is 13.8 Å². The molecule has 0 saturated heterocycles. The van der Waals surface area contributed by atoms with Crippen molar-refractivity contribution >= 4 is 12.3 Å². The minimum Gasteiger partial charge on any atom is -0.356 e. The third-order valence-electron chi connectivity index (χ3n) is 1.36. The second-order valence-electron chi connectivity index (χ2n) is 2.58. The van der Waals surface area contributed by atoms with Crippen LogP contribution in [0.25, 0.3) is 0 Å². The number of rotatable bonds is 4. The molecule has 4 nitrogen and oxygen atoms in total. The van der Waals surface area contributed by atoms with Gasteiger partial charge < -0.3 is 10.2 Å². The average Bonchev–Trinajstić information content (AvgIpc) is 2.04. The van der Waals surface area contributed by atoms with Crippen LogP contribution in [0, 0.1) is 0 Å². The summed E-state index contributed by atoms with van der Waals surface area (Å²) >= 11 is 0. The fourth-order valence-electron chi connectivity index (χ4n) is 0.566. The van der Waals surface area contributed by atoms with Gasteiger partial charge in [0.25, 0.3) is 0 Å². The Morgan fingerprint density at radius 2 is 2.08 bits per heavy atom. The molecule has 0 aromatic carbocycles. The van der Waals surface area contributed by atoms with Crippen LogP contribution < -0.4 is 5.32 Å². The molecule has 0 aliphatic rings. The molecule has 0 unspecified atom stereocenters. The van der Waals surface area contributed by atoms with Gasteiger partial charge in [-0.1, -0.05) is 0 Å². The van der Waals surface area contributed by atoms with Crippen molar-refractivity contribution < 1.29 is 9.59 Å². The average molecular weight is 170 g/mol. The van der Waals surface area contributed by atoms with E-state index in [-0.39, 0.29) is 11.9 Å². The van der Waals surface area contributed by atoms with E-state index in [1.54, 1.807) is 0 Å². The first kappa shape index (κ1) is 10.7. The van der Waals surface area contributed by atoms with E-state index in [0.717, 1.165) is 0 Å². The van der Waals surface area contributed by atoms with Crippen molar-refractivity contribution in [2.24, 2.45) is 0 Å². The van der Waals surface area contributed by atoms with E-state index in [9.17, 15) is 9.59 Å². The lowest BCUT2D eigenvalue weighted by Crippen LogP contribution is -2.24. The smallest absolute Gasteiger partial charge is 0.245 e. The Kier molecular flexibility index (Phi) is 4.76. The number of likely N-dealkylation sites (N-methyl/N-ethyl adjacent to an activating group) is 1. The highest BCUT2D eigenvalue weighted by molar-refractivity contribution is 5.87. The van der Waals surface area contributed by atoms with Crippen LogP contribution in [0.15, 0.2) is 12.3 Å². The van der Waals surface area contributed by atoms with Crippen molar-refractivity contribution in [3.8, 4) is 0 Å². The minimum atomic E-state index is -0.220. The molecule has 0 spiro atoms. The van der Waals surface area contributed by atoms with Gasteiger partial charge in [0.2, 0.25) is 12.3 Å². The zero-order chi connectivity index (χ0) is 9.56. The summed E-state index contributed by atoms with van der Waals surface area (Å²) in [6.45, 7) is 3.73. The Morgan fingerprint density at radius 3 is 2.42 bits per heavy atom. The summed E-state index contributed by atoms with van der Waals surface area (Å²) < 4.78 is 0. The maximum Gasteiger partial charge on any atom is 0.245 e. The summed E-state index contributed by atoms with van der Waals surface area (Å²) in [5, 5.41) is 2.42. The third-order valence-corrected chi connectivity index (χ3v) is 1.36. The van der Waals surface area contributed by atoms with Gasteiger partial charge >= 0.3 is 0 Å². The molecule has 0 aromatic heterocycles. The number of carbonyl (C=O) groups is 2. The Balaban J connectivity index is 4.10. The lowest BCUT2D eigenvalue weighted by Gasteiger charge is -2.15. The molecular weight excluding hydrogens is 156 g/mol. The molecule has 0 radical (unpaired) electrons. The summed E-state index contributed by atoms with van der Waals surface area (Å²) in [6, 6.07) is 0.0726. The number of nitrogens with zero attached hydrogens (tertiary/aromatic N) is 1. The maximum absolute atomic E-state index is 10.7. The number of hydrogen-bond acceptors (Lipinski definition) is 2. The molecule has 0 aromatic rings. The predicted molar refractivity (Wildman–Crippen MR) is 46.2 cm³/mol. The van der Waals surface area contributed by atoms with E-state index >= 15 is 0 Å². The molecule has 0 aliphatic carbocycles. The fraction of sp³-hybridized carbons (Fsp3) is 0.500. The van der Waals surface area contributed by atoms with E-state index in [1.165, 1.54) is 24.2 Å². The van der Waals surface area contributed by atoms with Gasteiger partial charge in [0, 0.05) is 25.4 Å². The topological polar surface area (TPSA) is 49.4 Å². The highest BCUT2D eigenvalue weighted by atomic mass is 16.1. The van der Waals surface area contributed by atoms with Crippen LogP contribution in [0.1, 0.15) is 13.8 Å². The predicted octanol–water partition coefficient (Wildman–Crippen LogP) is 0.113. The molecule has 0 fully saturated rings. The van der Waals surface area contributed by atoms with Crippen molar-refractivity contribution in [1.29, 1.82) is 0 Å². The van der Waals surface area contributed by atoms with Gasteiger partial charge in [0.15, 0.2) is 0 Å². The molecule has 1 N–H and O–H groups in total. The molecule has 68 valence electrons. The summed E-state index contributed by atoms with van der Waals surface area (Å²) in [5.74, 6) is -0.220. The number of amides is 2. The highest BCUT2D eigenvalue weighted by Crippen LogP contribution is 1.94.